The lowest BCUT2D eigenvalue weighted by Gasteiger charge is -2.37. The lowest BCUT2D eigenvalue weighted by atomic mass is 9.65. The van der Waals surface area contributed by atoms with Crippen LogP contribution in [0.1, 0.15) is 36.1 Å². The van der Waals surface area contributed by atoms with Crippen LogP contribution in [0.4, 0.5) is 0 Å². The molecule has 0 bridgehead atoms. The smallest absolute Gasteiger partial charge is 0.0701 e. The summed E-state index contributed by atoms with van der Waals surface area (Å²) in [5, 5.41) is 5.01. The van der Waals surface area contributed by atoms with Crippen molar-refractivity contribution in [1.29, 1.82) is 0 Å². The maximum atomic E-state index is 2.44. The molecular formula is C57H44N2. The second kappa shape index (κ2) is 15.2. The molecule has 11 rings (SSSR count). The number of rotatable bonds is 7. The highest BCUT2D eigenvalue weighted by Crippen LogP contribution is 2.47. The Bertz CT molecular complexity index is 3060. The molecule has 0 saturated heterocycles. The summed E-state index contributed by atoms with van der Waals surface area (Å²) >= 11 is 0. The van der Waals surface area contributed by atoms with Crippen LogP contribution in [0.2, 0.25) is 0 Å². The molecule has 0 amide bonds. The number of hydrogen-bond acceptors (Lipinski definition) is 0. The van der Waals surface area contributed by atoms with Gasteiger partial charge in [0.25, 0.3) is 0 Å². The van der Waals surface area contributed by atoms with Crippen LogP contribution >= 0.6 is 0 Å². The van der Waals surface area contributed by atoms with Gasteiger partial charge in [-0.15, -0.1) is 0 Å². The molecule has 0 aliphatic carbocycles. The van der Waals surface area contributed by atoms with Crippen molar-refractivity contribution in [3.05, 3.63) is 253 Å². The first-order chi connectivity index (χ1) is 29.3. The van der Waals surface area contributed by atoms with Crippen molar-refractivity contribution < 1.29 is 0 Å². The Morgan fingerprint density at radius 1 is 0.271 bits per heavy atom. The maximum absolute atomic E-state index is 2.44. The van der Waals surface area contributed by atoms with E-state index in [2.05, 4.69) is 240 Å². The molecule has 0 radical (unpaired) electrons. The molecule has 0 atom stereocenters. The Labute approximate surface area is 345 Å². The van der Waals surface area contributed by atoms with Crippen LogP contribution in [0.3, 0.4) is 0 Å². The zero-order chi connectivity index (χ0) is 39.8. The van der Waals surface area contributed by atoms with E-state index in [0.29, 0.717) is 0 Å². The van der Waals surface area contributed by atoms with Crippen molar-refractivity contribution >= 4 is 43.6 Å². The predicted octanol–water partition coefficient (Wildman–Crippen LogP) is 15.0. The molecule has 0 saturated carbocycles. The molecule has 0 unspecified atom stereocenters. The van der Waals surface area contributed by atoms with Gasteiger partial charge in [-0.2, -0.15) is 0 Å². The number of nitrogens with zero attached hydrogens (tertiary/aromatic N) is 2. The third kappa shape index (κ3) is 5.87. The van der Waals surface area contributed by atoms with Crippen LogP contribution in [0.5, 0.6) is 0 Å². The highest BCUT2D eigenvalue weighted by atomic mass is 15.0. The minimum absolute atomic E-state index is 0.521. The van der Waals surface area contributed by atoms with Gasteiger partial charge < -0.3 is 9.13 Å². The van der Waals surface area contributed by atoms with Gasteiger partial charge in [0.2, 0.25) is 0 Å². The minimum Gasteiger partial charge on any atom is -0.309 e. The van der Waals surface area contributed by atoms with Gasteiger partial charge in [-0.05, 0) is 88.0 Å². The summed E-state index contributed by atoms with van der Waals surface area (Å²) in [6, 6.07) is 84.2. The number of aromatic nitrogens is 2. The molecule has 11 aromatic rings. The topological polar surface area (TPSA) is 9.86 Å². The highest BCUT2D eigenvalue weighted by molar-refractivity contribution is 6.10. The van der Waals surface area contributed by atoms with Crippen LogP contribution in [-0.2, 0) is 5.41 Å². The summed E-state index contributed by atoms with van der Waals surface area (Å²) in [7, 11) is 0. The molecule has 2 aromatic heterocycles. The van der Waals surface area contributed by atoms with E-state index in [4.69, 9.17) is 0 Å². The first kappa shape index (κ1) is 36.0. The number of fused-ring (bicyclic) bond motifs is 6. The van der Waals surface area contributed by atoms with Gasteiger partial charge in [0.1, 0.15) is 0 Å². The molecule has 0 N–H and O–H groups in total. The third-order valence-corrected chi connectivity index (χ3v) is 11.9. The Kier molecular flexibility index (Phi) is 9.24. The minimum atomic E-state index is -0.521. The largest absolute Gasteiger partial charge is 0.309 e. The van der Waals surface area contributed by atoms with E-state index >= 15 is 0 Å². The average molecular weight is 757 g/mol. The number of para-hydroxylation sites is 3. The van der Waals surface area contributed by atoms with Gasteiger partial charge in [0.05, 0.1) is 27.5 Å². The molecule has 0 aliphatic heterocycles. The Morgan fingerprint density at radius 2 is 0.695 bits per heavy atom. The van der Waals surface area contributed by atoms with Crippen LogP contribution in [0, 0.1) is 0 Å². The zero-order valence-electron chi connectivity index (χ0n) is 33.3. The van der Waals surface area contributed by atoms with Crippen LogP contribution in [0.15, 0.2) is 231 Å². The van der Waals surface area contributed by atoms with Crippen molar-refractivity contribution in [3.63, 3.8) is 0 Å². The summed E-state index contributed by atoms with van der Waals surface area (Å²) in [4.78, 5) is 0. The van der Waals surface area contributed by atoms with Crippen molar-refractivity contribution in [2.45, 2.75) is 19.3 Å². The summed E-state index contributed by atoms with van der Waals surface area (Å²) in [5.41, 5.74) is 13.9. The number of benzene rings is 9. The van der Waals surface area contributed by atoms with Crippen molar-refractivity contribution in [1.82, 2.24) is 9.13 Å². The molecule has 9 aromatic carbocycles. The normalized spacial score (nSPS) is 11.6. The van der Waals surface area contributed by atoms with E-state index in [1.54, 1.807) is 0 Å². The van der Waals surface area contributed by atoms with Crippen LogP contribution < -0.4 is 0 Å². The van der Waals surface area contributed by atoms with E-state index in [-0.39, 0.29) is 0 Å². The van der Waals surface area contributed by atoms with Crippen molar-refractivity contribution in [2.75, 3.05) is 0 Å². The van der Waals surface area contributed by atoms with Crippen molar-refractivity contribution in [2.24, 2.45) is 0 Å². The van der Waals surface area contributed by atoms with Crippen LogP contribution in [-0.4, -0.2) is 9.13 Å². The lowest BCUT2D eigenvalue weighted by Crippen LogP contribution is -2.30. The average Bonchev–Trinajstić information content (AvgIpc) is 3.84. The third-order valence-electron chi connectivity index (χ3n) is 11.9. The standard InChI is InChI=1S/C55H38N2.C2H6/c1-4-18-41(19-5-1)55(42-20-6-2-7-21-42,43-22-8-3-9-23-43)44-33-36-54-50(38-44)49-27-12-15-30-53(49)57(54)46-24-16-17-40(37-46)39-31-34-45(35-32-39)56-51-28-13-10-25-47(51)48-26-11-14-29-52(48)56;1-2/h1-38H;1-2H3. The number of hydrogen-bond donors (Lipinski definition) is 0. The molecule has 2 heteroatoms. The molecular weight excluding hydrogens is 713 g/mol. The fourth-order valence-electron chi connectivity index (χ4n) is 9.38. The first-order valence-electron chi connectivity index (χ1n) is 20.7. The molecule has 59 heavy (non-hydrogen) atoms. The van der Waals surface area contributed by atoms with Gasteiger partial charge >= 0.3 is 0 Å². The molecule has 0 fully saturated rings. The van der Waals surface area contributed by atoms with E-state index in [0.717, 1.165) is 11.4 Å². The first-order valence-corrected chi connectivity index (χ1v) is 20.7. The molecule has 2 nitrogen and oxygen atoms in total. The zero-order valence-corrected chi connectivity index (χ0v) is 33.3. The quantitative estimate of drug-likeness (QED) is 0.143. The summed E-state index contributed by atoms with van der Waals surface area (Å²) in [6.45, 7) is 4.00. The van der Waals surface area contributed by atoms with Crippen LogP contribution in [0.25, 0.3) is 66.1 Å². The molecule has 282 valence electrons. The summed E-state index contributed by atoms with van der Waals surface area (Å²) < 4.78 is 4.80. The molecule has 0 spiro atoms. The summed E-state index contributed by atoms with van der Waals surface area (Å²) in [5.74, 6) is 0. The van der Waals surface area contributed by atoms with Crippen molar-refractivity contribution in [3.8, 4) is 22.5 Å². The predicted molar refractivity (Wildman–Crippen MR) is 250 cm³/mol. The fraction of sp³-hybridized carbons (Fsp3) is 0.0526. The Balaban J connectivity index is 0.00000207. The second-order valence-corrected chi connectivity index (χ2v) is 14.9. The second-order valence-electron chi connectivity index (χ2n) is 14.9. The van der Waals surface area contributed by atoms with E-state index in [9.17, 15) is 0 Å². The van der Waals surface area contributed by atoms with Gasteiger partial charge in [-0.3, -0.25) is 0 Å². The van der Waals surface area contributed by atoms with E-state index in [1.807, 2.05) is 13.8 Å². The van der Waals surface area contributed by atoms with E-state index < -0.39 is 5.41 Å². The summed E-state index contributed by atoms with van der Waals surface area (Å²) in [6.07, 6.45) is 0. The van der Waals surface area contributed by atoms with E-state index in [1.165, 1.54) is 77.0 Å². The Morgan fingerprint density at radius 3 is 1.20 bits per heavy atom. The monoisotopic (exact) mass is 756 g/mol. The lowest BCUT2D eigenvalue weighted by molar-refractivity contribution is 0.746. The van der Waals surface area contributed by atoms with Gasteiger partial charge in [-0.1, -0.05) is 190 Å². The SMILES string of the molecule is CC.c1ccc(C(c2ccccc2)(c2ccccc2)c2ccc3c(c2)c2ccccc2n3-c2cccc(-c3ccc(-n4c5ccccc5c5ccccc54)cc3)c2)cc1. The molecule has 2 heterocycles. The molecule has 0 aliphatic rings. The fourth-order valence-corrected chi connectivity index (χ4v) is 9.38. The van der Waals surface area contributed by atoms with Gasteiger partial charge in [0.15, 0.2) is 0 Å². The highest BCUT2D eigenvalue weighted by Gasteiger charge is 2.38. The maximum Gasteiger partial charge on any atom is 0.0701 e. The van der Waals surface area contributed by atoms with Gasteiger partial charge in [0, 0.05) is 32.9 Å². The van der Waals surface area contributed by atoms with Gasteiger partial charge in [-0.25, -0.2) is 0 Å². The Hall–Kier alpha value is -7.42.